The van der Waals surface area contributed by atoms with Crippen LogP contribution in [0.5, 0.6) is 0 Å². The van der Waals surface area contributed by atoms with E-state index in [1.807, 2.05) is 29.1 Å². The molecule has 0 aliphatic carbocycles. The van der Waals surface area contributed by atoms with Gasteiger partial charge in [-0.1, -0.05) is 42.5 Å². The molecule has 0 saturated carbocycles. The number of nitrogens with one attached hydrogen (secondary N) is 1. The highest BCUT2D eigenvalue weighted by Crippen LogP contribution is 2.13. The number of aromatic nitrogens is 2. The molecule has 0 fully saturated rings. The summed E-state index contributed by atoms with van der Waals surface area (Å²) in [5, 5.41) is 4.38. The lowest BCUT2D eigenvalue weighted by atomic mass is 10.1. The van der Waals surface area contributed by atoms with Crippen LogP contribution in [-0.2, 0) is 34.3 Å². The van der Waals surface area contributed by atoms with Crippen LogP contribution in [0.3, 0.4) is 0 Å². The summed E-state index contributed by atoms with van der Waals surface area (Å²) in [5.41, 5.74) is 3.07. The van der Waals surface area contributed by atoms with Crippen molar-refractivity contribution in [3.8, 4) is 0 Å². The third-order valence-electron chi connectivity index (χ3n) is 4.85. The number of aryl methyl sites for hydroxylation is 1. The number of benzene rings is 2. The molecule has 0 spiro atoms. The molecule has 7 nitrogen and oxygen atoms in total. The summed E-state index contributed by atoms with van der Waals surface area (Å²) in [4.78, 5) is 14.4. The maximum absolute atomic E-state index is 12.5. The molecule has 1 amide bonds. The summed E-state index contributed by atoms with van der Waals surface area (Å²) in [7, 11) is -0.290. The summed E-state index contributed by atoms with van der Waals surface area (Å²) in [6.45, 7) is 1.19. The van der Waals surface area contributed by atoms with E-state index in [1.165, 1.54) is 12.6 Å². The molecular formula is C22H26N4O3S. The highest BCUT2D eigenvalue weighted by molar-refractivity contribution is 7.89. The molecule has 8 heteroatoms. The molecule has 0 bridgehead atoms. The molecule has 1 N–H and O–H groups in total. The highest BCUT2D eigenvalue weighted by atomic mass is 32.2. The fourth-order valence-electron chi connectivity index (χ4n) is 3.10. The van der Waals surface area contributed by atoms with Crippen molar-refractivity contribution in [2.45, 2.75) is 30.8 Å². The van der Waals surface area contributed by atoms with Gasteiger partial charge in [0.1, 0.15) is 0 Å². The van der Waals surface area contributed by atoms with E-state index >= 15 is 0 Å². The normalized spacial score (nSPS) is 11.4. The highest BCUT2D eigenvalue weighted by Gasteiger charge is 2.13. The molecule has 2 aromatic carbocycles. The number of amides is 1. The SMILES string of the molecule is CNS(=O)(=O)c1ccc(CCC(=O)N(C)Cc2cnn(Cc3ccccc3)c2)cc1. The van der Waals surface area contributed by atoms with E-state index in [9.17, 15) is 13.2 Å². The van der Waals surface area contributed by atoms with E-state index in [1.54, 1.807) is 42.4 Å². The minimum absolute atomic E-state index is 0.0257. The van der Waals surface area contributed by atoms with Crippen LogP contribution in [0, 0.1) is 0 Å². The number of carbonyl (C=O) groups is 1. The monoisotopic (exact) mass is 426 g/mol. The van der Waals surface area contributed by atoms with E-state index in [2.05, 4.69) is 22.0 Å². The second kappa shape index (κ2) is 9.69. The fourth-order valence-corrected chi connectivity index (χ4v) is 3.83. The van der Waals surface area contributed by atoms with Crippen LogP contribution < -0.4 is 4.72 Å². The van der Waals surface area contributed by atoms with Crippen LogP contribution in [0.15, 0.2) is 71.9 Å². The molecule has 0 atom stereocenters. The summed E-state index contributed by atoms with van der Waals surface area (Å²) in [6, 6.07) is 16.7. The number of carbonyl (C=O) groups excluding carboxylic acids is 1. The Balaban J connectivity index is 1.50. The zero-order valence-corrected chi connectivity index (χ0v) is 18.0. The van der Waals surface area contributed by atoms with Gasteiger partial charge in [0.15, 0.2) is 0 Å². The standard InChI is InChI=1S/C22H26N4O3S/c1-23-30(28,29)21-11-8-18(9-12-21)10-13-22(27)25(2)15-20-14-24-26(17-20)16-19-6-4-3-5-7-19/h3-9,11-12,14,17,23H,10,13,15-16H2,1-2H3. The van der Waals surface area contributed by atoms with E-state index < -0.39 is 10.0 Å². The first-order chi connectivity index (χ1) is 14.4. The Bertz CT molecular complexity index is 1080. The van der Waals surface area contributed by atoms with E-state index in [4.69, 9.17) is 0 Å². The Labute approximate surface area is 177 Å². The predicted molar refractivity (Wildman–Crippen MR) is 115 cm³/mol. The third kappa shape index (κ3) is 5.77. The van der Waals surface area contributed by atoms with Gasteiger partial charge in [0.05, 0.1) is 17.6 Å². The zero-order valence-electron chi connectivity index (χ0n) is 17.2. The molecule has 3 rings (SSSR count). The molecule has 0 aliphatic rings. The smallest absolute Gasteiger partial charge is 0.240 e. The van der Waals surface area contributed by atoms with Crippen molar-refractivity contribution in [2.75, 3.05) is 14.1 Å². The average Bonchev–Trinajstić information content (AvgIpc) is 3.19. The largest absolute Gasteiger partial charge is 0.341 e. The predicted octanol–water partition coefficient (Wildman–Crippen LogP) is 2.43. The summed E-state index contributed by atoms with van der Waals surface area (Å²) < 4.78 is 27.7. The molecular weight excluding hydrogens is 400 g/mol. The first-order valence-corrected chi connectivity index (χ1v) is 11.2. The number of rotatable bonds is 9. The quantitative estimate of drug-likeness (QED) is 0.570. The number of hydrogen-bond donors (Lipinski definition) is 1. The van der Waals surface area contributed by atoms with Gasteiger partial charge in [-0.2, -0.15) is 5.10 Å². The Morgan fingerprint density at radius 3 is 2.40 bits per heavy atom. The van der Waals surface area contributed by atoms with Gasteiger partial charge in [0, 0.05) is 31.8 Å². The maximum Gasteiger partial charge on any atom is 0.240 e. The van der Waals surface area contributed by atoms with Gasteiger partial charge >= 0.3 is 0 Å². The molecule has 0 radical (unpaired) electrons. The Hall–Kier alpha value is -2.97. The molecule has 1 heterocycles. The van der Waals surface area contributed by atoms with Crippen LogP contribution in [0.1, 0.15) is 23.1 Å². The van der Waals surface area contributed by atoms with Crippen LogP contribution in [0.2, 0.25) is 0 Å². The molecule has 0 unspecified atom stereocenters. The van der Waals surface area contributed by atoms with Crippen molar-refractivity contribution in [2.24, 2.45) is 0 Å². The second-order valence-corrected chi connectivity index (χ2v) is 9.02. The minimum atomic E-state index is -3.45. The summed E-state index contributed by atoms with van der Waals surface area (Å²) in [6.07, 6.45) is 4.65. The lowest BCUT2D eigenvalue weighted by Crippen LogP contribution is -2.26. The van der Waals surface area contributed by atoms with Crippen LogP contribution in [0.4, 0.5) is 0 Å². The molecule has 1 aromatic heterocycles. The van der Waals surface area contributed by atoms with Gasteiger partial charge in [0.2, 0.25) is 15.9 Å². The number of sulfonamides is 1. The Morgan fingerprint density at radius 2 is 1.73 bits per heavy atom. The first-order valence-electron chi connectivity index (χ1n) is 9.69. The van der Waals surface area contributed by atoms with Crippen molar-refractivity contribution < 1.29 is 13.2 Å². The topological polar surface area (TPSA) is 84.3 Å². The summed E-state index contributed by atoms with van der Waals surface area (Å²) in [5.74, 6) is 0.0257. The van der Waals surface area contributed by atoms with E-state index in [-0.39, 0.29) is 10.8 Å². The molecule has 30 heavy (non-hydrogen) atoms. The maximum atomic E-state index is 12.5. The third-order valence-corrected chi connectivity index (χ3v) is 6.28. The molecule has 0 saturated heterocycles. The van der Waals surface area contributed by atoms with Gasteiger partial charge in [-0.3, -0.25) is 9.48 Å². The van der Waals surface area contributed by atoms with E-state index in [0.29, 0.717) is 25.9 Å². The van der Waals surface area contributed by atoms with Gasteiger partial charge < -0.3 is 4.90 Å². The van der Waals surface area contributed by atoms with Gasteiger partial charge in [-0.15, -0.1) is 0 Å². The molecule has 158 valence electrons. The summed E-state index contributed by atoms with van der Waals surface area (Å²) >= 11 is 0. The van der Waals surface area contributed by atoms with Gasteiger partial charge in [-0.05, 0) is 36.7 Å². The minimum Gasteiger partial charge on any atom is -0.341 e. The number of hydrogen-bond acceptors (Lipinski definition) is 4. The van der Waals surface area contributed by atoms with Crippen molar-refractivity contribution in [3.05, 3.63) is 83.7 Å². The van der Waals surface area contributed by atoms with Gasteiger partial charge in [0.25, 0.3) is 0 Å². The Morgan fingerprint density at radius 1 is 1.03 bits per heavy atom. The second-order valence-electron chi connectivity index (χ2n) is 7.13. The molecule has 0 aliphatic heterocycles. The fraction of sp³-hybridized carbons (Fsp3) is 0.273. The molecule has 3 aromatic rings. The van der Waals surface area contributed by atoms with Crippen molar-refractivity contribution in [1.82, 2.24) is 19.4 Å². The lowest BCUT2D eigenvalue weighted by molar-refractivity contribution is -0.130. The Kier molecular flexibility index (Phi) is 7.02. The van der Waals surface area contributed by atoms with Crippen molar-refractivity contribution in [3.63, 3.8) is 0 Å². The lowest BCUT2D eigenvalue weighted by Gasteiger charge is -2.16. The van der Waals surface area contributed by atoms with Crippen molar-refractivity contribution in [1.29, 1.82) is 0 Å². The van der Waals surface area contributed by atoms with Crippen LogP contribution in [-0.4, -0.2) is 43.1 Å². The van der Waals surface area contributed by atoms with Crippen molar-refractivity contribution >= 4 is 15.9 Å². The zero-order chi connectivity index (χ0) is 21.6. The van der Waals surface area contributed by atoms with E-state index in [0.717, 1.165) is 11.1 Å². The first kappa shape index (κ1) is 21.7. The number of nitrogens with zero attached hydrogens (tertiary/aromatic N) is 3. The average molecular weight is 427 g/mol. The van der Waals surface area contributed by atoms with Crippen LogP contribution >= 0.6 is 0 Å². The van der Waals surface area contributed by atoms with Crippen LogP contribution in [0.25, 0.3) is 0 Å². The van der Waals surface area contributed by atoms with Gasteiger partial charge in [-0.25, -0.2) is 13.1 Å².